The Bertz CT molecular complexity index is 1070. The molecule has 1 heterocycles. The van der Waals surface area contributed by atoms with Gasteiger partial charge in [0.1, 0.15) is 17.5 Å². The van der Waals surface area contributed by atoms with Crippen LogP contribution >= 0.6 is 0 Å². The van der Waals surface area contributed by atoms with E-state index in [0.29, 0.717) is 23.0 Å². The van der Waals surface area contributed by atoms with E-state index in [1.165, 1.54) is 18.2 Å². The van der Waals surface area contributed by atoms with Gasteiger partial charge in [-0.25, -0.2) is 0 Å². The number of Topliss-reactive ketones (excluding diaryl/α,β-unsaturated/α-hetero) is 2. The van der Waals surface area contributed by atoms with Crippen LogP contribution in [0.4, 0.5) is 0 Å². The number of carbonyl (C=O) groups is 2. The molecule has 1 aromatic carbocycles. The molecule has 2 N–H and O–H groups in total. The molecule has 1 saturated heterocycles. The Morgan fingerprint density at radius 1 is 1.09 bits per heavy atom. The second kappa shape index (κ2) is 7.60. The molecule has 34 heavy (non-hydrogen) atoms. The van der Waals surface area contributed by atoms with E-state index in [1.54, 1.807) is 6.08 Å². The number of aliphatic hydroxyl groups is 1. The first-order valence-corrected chi connectivity index (χ1v) is 14.8. The summed E-state index contributed by atoms with van der Waals surface area (Å²) in [7, 11) is -2.34. The van der Waals surface area contributed by atoms with Crippen molar-refractivity contribution in [2.24, 2.45) is 5.92 Å². The number of phenolic OH excluding ortho intramolecular Hbond substituents is 1. The summed E-state index contributed by atoms with van der Waals surface area (Å²) in [6.07, 6.45) is 3.25. The summed E-state index contributed by atoms with van der Waals surface area (Å²) in [5.74, 6) is -1.93. The number of carbonyl (C=O) groups excluding carboxylic acids is 2. The largest absolute Gasteiger partial charge is 0.507 e. The molecular weight excluding hydrogens is 448 g/mol. The standard InChI is InChI=1S/C27H36O6Si/c1-14(2)34(15(3)4,16(5)6)33-20-11-8-12-26-21(32-26)13-18-23(29)22-17(9-7-10-19(22)28)25(30)27(18,31)24(20)26/h7,9-10,13-16,20-21,24,28,31H,8,11-12H2,1-6H3/t20-,21-,24+,26-,27+/m1/s1. The molecule has 0 radical (unpaired) electrons. The maximum absolute atomic E-state index is 13.9. The summed E-state index contributed by atoms with van der Waals surface area (Å²) in [6.45, 7) is 13.3. The number of ether oxygens (including phenoxy) is 1. The highest BCUT2D eigenvalue weighted by molar-refractivity contribution is 6.77. The lowest BCUT2D eigenvalue weighted by Gasteiger charge is -2.53. The fourth-order valence-electron chi connectivity index (χ4n) is 7.73. The average Bonchev–Trinajstić information content (AvgIpc) is 3.45. The smallest absolute Gasteiger partial charge is 0.200 e. The molecule has 4 aliphatic rings. The van der Waals surface area contributed by atoms with E-state index < -0.39 is 37.0 Å². The Morgan fingerprint density at radius 3 is 2.35 bits per heavy atom. The monoisotopic (exact) mass is 484 g/mol. The van der Waals surface area contributed by atoms with E-state index in [1.807, 2.05) is 0 Å². The second-order valence-electron chi connectivity index (χ2n) is 11.5. The van der Waals surface area contributed by atoms with Gasteiger partial charge in [0.05, 0.1) is 17.6 Å². The molecule has 1 aliphatic heterocycles. The number of aromatic hydroxyl groups is 1. The van der Waals surface area contributed by atoms with Crippen molar-refractivity contribution in [1.29, 1.82) is 0 Å². The third kappa shape index (κ3) is 2.84. The van der Waals surface area contributed by atoms with Crippen LogP contribution < -0.4 is 0 Å². The van der Waals surface area contributed by atoms with Gasteiger partial charge in [0.2, 0.25) is 8.32 Å². The normalized spacial score (nSPS) is 34.5. The molecular formula is C27H36O6Si. The molecule has 5 rings (SSSR count). The van der Waals surface area contributed by atoms with E-state index in [0.717, 1.165) is 12.8 Å². The molecule has 7 heteroatoms. The lowest BCUT2D eigenvalue weighted by molar-refractivity contribution is -0.0791. The van der Waals surface area contributed by atoms with Crippen molar-refractivity contribution in [2.75, 3.05) is 0 Å². The Kier molecular flexibility index (Phi) is 5.34. The predicted octanol–water partition coefficient (Wildman–Crippen LogP) is 4.94. The third-order valence-electron chi connectivity index (χ3n) is 9.07. The number of epoxide rings is 1. The number of fused-ring (bicyclic) bond motifs is 3. The van der Waals surface area contributed by atoms with Gasteiger partial charge in [-0.2, -0.15) is 0 Å². The zero-order valence-corrected chi connectivity index (χ0v) is 21.9. The molecule has 184 valence electrons. The van der Waals surface area contributed by atoms with E-state index in [4.69, 9.17) is 9.16 Å². The highest BCUT2D eigenvalue weighted by Crippen LogP contribution is 2.63. The Morgan fingerprint density at radius 2 is 1.74 bits per heavy atom. The summed E-state index contributed by atoms with van der Waals surface area (Å²) in [4.78, 5) is 27.5. The minimum Gasteiger partial charge on any atom is -0.507 e. The van der Waals surface area contributed by atoms with Crippen LogP contribution in [0.1, 0.15) is 81.5 Å². The molecule has 1 aromatic rings. The van der Waals surface area contributed by atoms with Crippen LogP contribution in [0.25, 0.3) is 0 Å². The Hall–Kier alpha value is -1.80. The summed E-state index contributed by atoms with van der Waals surface area (Å²) in [6, 6.07) is 4.45. The molecule has 5 atom stereocenters. The van der Waals surface area contributed by atoms with Gasteiger partial charge in [-0.05, 0) is 48.0 Å². The van der Waals surface area contributed by atoms with Crippen molar-refractivity contribution in [2.45, 2.75) is 101 Å². The first-order chi connectivity index (χ1) is 15.9. The topological polar surface area (TPSA) is 96.4 Å². The van der Waals surface area contributed by atoms with E-state index in [-0.39, 0.29) is 34.7 Å². The molecule has 3 aliphatic carbocycles. The van der Waals surface area contributed by atoms with Crippen LogP contribution in [0.3, 0.4) is 0 Å². The van der Waals surface area contributed by atoms with Crippen LogP contribution in [0.15, 0.2) is 29.8 Å². The average molecular weight is 485 g/mol. The lowest BCUT2D eigenvalue weighted by Crippen LogP contribution is -2.66. The van der Waals surface area contributed by atoms with Gasteiger partial charge in [0.25, 0.3) is 0 Å². The van der Waals surface area contributed by atoms with Gasteiger partial charge in [0, 0.05) is 11.1 Å². The van der Waals surface area contributed by atoms with Crippen LogP contribution in [0.5, 0.6) is 5.75 Å². The third-order valence-corrected chi connectivity index (χ3v) is 15.2. The number of hydrogen-bond donors (Lipinski definition) is 2. The van der Waals surface area contributed by atoms with Crippen molar-refractivity contribution in [3.63, 3.8) is 0 Å². The highest BCUT2D eigenvalue weighted by Gasteiger charge is 2.76. The number of rotatable bonds is 5. The fraction of sp³-hybridized carbons (Fsp3) is 0.630. The van der Waals surface area contributed by atoms with Crippen LogP contribution in [0.2, 0.25) is 16.6 Å². The fourth-order valence-corrected chi connectivity index (χ4v) is 13.3. The van der Waals surface area contributed by atoms with Gasteiger partial charge in [-0.3, -0.25) is 9.59 Å². The van der Waals surface area contributed by atoms with Crippen LogP contribution in [0, 0.1) is 5.92 Å². The first-order valence-electron chi connectivity index (χ1n) is 12.6. The number of benzene rings is 1. The lowest BCUT2D eigenvalue weighted by atomic mass is 9.56. The van der Waals surface area contributed by atoms with Crippen molar-refractivity contribution >= 4 is 19.9 Å². The van der Waals surface area contributed by atoms with Crippen molar-refractivity contribution in [1.82, 2.24) is 0 Å². The van der Waals surface area contributed by atoms with Crippen LogP contribution in [-0.4, -0.2) is 53.5 Å². The quantitative estimate of drug-likeness (QED) is 0.454. The van der Waals surface area contributed by atoms with Gasteiger partial charge in [-0.15, -0.1) is 0 Å². The molecule has 0 aromatic heterocycles. The van der Waals surface area contributed by atoms with Gasteiger partial charge >= 0.3 is 0 Å². The molecule has 6 nitrogen and oxygen atoms in total. The summed E-state index contributed by atoms with van der Waals surface area (Å²) < 4.78 is 13.4. The minimum atomic E-state index is -2.34. The SMILES string of the molecule is CC(C)[Si](O[C@@H]1CCC[C@@]23O[C@@H]2C=C2C(=O)c4c(O)cccc4C(=O)[C@@]2(O)[C@@H]13)(C(C)C)C(C)C. The summed E-state index contributed by atoms with van der Waals surface area (Å²) in [5, 5.41) is 22.7. The number of phenols is 1. The van der Waals surface area contributed by atoms with E-state index in [9.17, 15) is 19.8 Å². The van der Waals surface area contributed by atoms with Gasteiger partial charge in [0.15, 0.2) is 17.2 Å². The number of hydrogen-bond acceptors (Lipinski definition) is 6. The zero-order chi connectivity index (χ0) is 24.8. The molecule has 0 bridgehead atoms. The van der Waals surface area contributed by atoms with E-state index in [2.05, 4.69) is 41.5 Å². The zero-order valence-electron chi connectivity index (χ0n) is 20.9. The predicted molar refractivity (Wildman–Crippen MR) is 131 cm³/mol. The number of ketones is 2. The maximum atomic E-state index is 13.9. The van der Waals surface area contributed by atoms with Crippen molar-refractivity contribution in [3.8, 4) is 5.75 Å². The Balaban J connectivity index is 1.66. The van der Waals surface area contributed by atoms with Gasteiger partial charge in [-0.1, -0.05) is 53.7 Å². The molecule has 1 saturated carbocycles. The Labute approximate surface area is 202 Å². The van der Waals surface area contributed by atoms with Crippen molar-refractivity contribution < 1.29 is 29.0 Å². The maximum Gasteiger partial charge on any atom is 0.200 e. The van der Waals surface area contributed by atoms with E-state index >= 15 is 0 Å². The molecule has 1 spiro atoms. The van der Waals surface area contributed by atoms with Crippen LogP contribution in [-0.2, 0) is 9.16 Å². The minimum absolute atomic E-state index is 0.0277. The van der Waals surface area contributed by atoms with Crippen molar-refractivity contribution in [3.05, 3.63) is 41.0 Å². The summed E-state index contributed by atoms with van der Waals surface area (Å²) in [5.41, 5.74) is -1.60. The molecule has 0 amide bonds. The first kappa shape index (κ1) is 23.9. The van der Waals surface area contributed by atoms with Gasteiger partial charge < -0.3 is 19.4 Å². The summed E-state index contributed by atoms with van der Waals surface area (Å²) >= 11 is 0. The second-order valence-corrected chi connectivity index (χ2v) is 16.9. The highest BCUT2D eigenvalue weighted by atomic mass is 28.4. The molecule has 0 unspecified atom stereocenters. The molecule has 2 fully saturated rings.